The summed E-state index contributed by atoms with van der Waals surface area (Å²) in [6.07, 6.45) is 0.674. The minimum Gasteiger partial charge on any atom is -0.495 e. The van der Waals surface area contributed by atoms with Gasteiger partial charge in [-0.2, -0.15) is 0 Å². The fourth-order valence-corrected chi connectivity index (χ4v) is 2.80. The average molecular weight is 296 g/mol. The first-order valence-corrected chi connectivity index (χ1v) is 6.61. The Bertz CT molecular complexity index is 738. The molecule has 2 aromatic rings. The van der Waals surface area contributed by atoms with Crippen molar-refractivity contribution in [3.05, 3.63) is 32.6 Å². The molecule has 1 N–H and O–H groups in total. The van der Waals surface area contributed by atoms with Gasteiger partial charge in [0.2, 0.25) is 0 Å². The molecule has 20 heavy (non-hydrogen) atoms. The summed E-state index contributed by atoms with van der Waals surface area (Å²) in [4.78, 5) is 15.9. The fourth-order valence-electron chi connectivity index (χ4n) is 2.49. The molecule has 0 bridgehead atoms. The number of aromatic nitrogens is 1. The second-order valence-corrected chi connectivity index (χ2v) is 4.94. The molecule has 0 atom stereocenters. The van der Waals surface area contributed by atoms with Crippen LogP contribution < -0.4 is 14.9 Å². The van der Waals surface area contributed by atoms with Crippen LogP contribution in [0.5, 0.6) is 11.5 Å². The third-order valence-electron chi connectivity index (χ3n) is 3.52. The zero-order valence-corrected chi connectivity index (χ0v) is 12.0. The Hall–Kier alpha value is -1.72. The number of fused-ring (bicyclic) bond motifs is 2. The van der Waals surface area contributed by atoms with Crippen LogP contribution in [0.4, 0.5) is 0 Å². The van der Waals surface area contributed by atoms with E-state index >= 15 is 0 Å². The van der Waals surface area contributed by atoms with E-state index in [9.17, 15) is 4.79 Å². The molecule has 106 valence electrons. The summed E-state index contributed by atoms with van der Waals surface area (Å²) in [5.74, 6) is 0.950. The van der Waals surface area contributed by atoms with Gasteiger partial charge in [-0.1, -0.05) is 11.6 Å². The Kier molecular flexibility index (Phi) is 3.31. The summed E-state index contributed by atoms with van der Waals surface area (Å²) in [6.45, 7) is 0.900. The van der Waals surface area contributed by atoms with Crippen molar-refractivity contribution in [2.75, 3.05) is 20.8 Å². The summed E-state index contributed by atoms with van der Waals surface area (Å²) >= 11 is 6.28. The van der Waals surface area contributed by atoms with E-state index in [1.165, 1.54) is 7.11 Å². The van der Waals surface area contributed by atoms with Crippen LogP contribution in [0.25, 0.3) is 10.9 Å². The fraction of sp³-hybridized carbons (Fsp3) is 0.357. The number of methoxy groups -OCH3 is 2. The molecule has 0 radical (unpaired) electrons. The lowest BCUT2D eigenvalue weighted by molar-refractivity contribution is 0.108. The predicted molar refractivity (Wildman–Crippen MR) is 76.0 cm³/mol. The van der Waals surface area contributed by atoms with Gasteiger partial charge in [-0.25, -0.2) is 0 Å². The van der Waals surface area contributed by atoms with E-state index in [1.54, 1.807) is 13.2 Å². The Morgan fingerprint density at radius 2 is 2.05 bits per heavy atom. The van der Waals surface area contributed by atoms with E-state index in [-0.39, 0.29) is 10.5 Å². The van der Waals surface area contributed by atoms with Crippen molar-refractivity contribution in [2.24, 2.45) is 0 Å². The van der Waals surface area contributed by atoms with E-state index in [4.69, 9.17) is 25.8 Å². The second-order valence-electron chi connectivity index (χ2n) is 4.56. The van der Waals surface area contributed by atoms with Gasteiger partial charge in [-0.05, 0) is 0 Å². The highest BCUT2D eigenvalue weighted by Gasteiger charge is 2.21. The molecule has 2 heterocycles. The molecule has 0 spiro atoms. The zero-order chi connectivity index (χ0) is 14.3. The molecule has 1 aliphatic heterocycles. The first-order valence-electron chi connectivity index (χ1n) is 6.23. The van der Waals surface area contributed by atoms with Crippen molar-refractivity contribution < 1.29 is 14.2 Å². The minimum absolute atomic E-state index is 0.129. The second kappa shape index (κ2) is 5.00. The van der Waals surface area contributed by atoms with Crippen LogP contribution in [0.2, 0.25) is 5.02 Å². The first-order chi connectivity index (χ1) is 9.67. The molecule has 0 aliphatic carbocycles. The molecule has 3 rings (SSSR count). The zero-order valence-electron chi connectivity index (χ0n) is 11.2. The summed E-state index contributed by atoms with van der Waals surface area (Å²) in [7, 11) is 3.05. The summed E-state index contributed by atoms with van der Waals surface area (Å²) in [6, 6.07) is 1.67. The van der Waals surface area contributed by atoms with Gasteiger partial charge in [-0.3, -0.25) is 4.79 Å². The van der Waals surface area contributed by atoms with Crippen LogP contribution in [-0.2, 0) is 17.8 Å². The molecular weight excluding hydrogens is 282 g/mol. The number of nitrogens with one attached hydrogen (secondary N) is 1. The van der Waals surface area contributed by atoms with Crippen molar-refractivity contribution in [3.63, 3.8) is 0 Å². The molecule has 0 unspecified atom stereocenters. The highest BCUT2D eigenvalue weighted by molar-refractivity contribution is 6.37. The summed E-state index contributed by atoms with van der Waals surface area (Å²) in [5, 5.41) is 0.671. The normalized spacial score (nSPS) is 14.2. The van der Waals surface area contributed by atoms with Crippen LogP contribution in [0.1, 0.15) is 11.3 Å². The SMILES string of the molecule is COc1cc(OC)c2[nH]c3c(c(=O)c2c1Cl)COCC3. The van der Waals surface area contributed by atoms with Gasteiger partial charge in [0.1, 0.15) is 11.5 Å². The van der Waals surface area contributed by atoms with Crippen LogP contribution in [0.15, 0.2) is 10.9 Å². The molecule has 0 amide bonds. The van der Waals surface area contributed by atoms with Crippen LogP contribution in [0.3, 0.4) is 0 Å². The first kappa shape index (κ1) is 13.3. The Morgan fingerprint density at radius 3 is 2.75 bits per heavy atom. The molecule has 1 aliphatic rings. The van der Waals surface area contributed by atoms with E-state index in [0.717, 1.165) is 5.69 Å². The van der Waals surface area contributed by atoms with Gasteiger partial charge < -0.3 is 19.2 Å². The Balaban J connectivity index is 2.45. The van der Waals surface area contributed by atoms with Gasteiger partial charge in [0.05, 0.1) is 43.4 Å². The third kappa shape index (κ3) is 1.85. The number of H-pyrrole nitrogens is 1. The smallest absolute Gasteiger partial charge is 0.196 e. The summed E-state index contributed by atoms with van der Waals surface area (Å²) in [5.41, 5.74) is 1.98. The number of hydrogen-bond acceptors (Lipinski definition) is 4. The molecule has 1 aromatic heterocycles. The number of benzene rings is 1. The van der Waals surface area contributed by atoms with Gasteiger partial charge in [0.25, 0.3) is 0 Å². The lowest BCUT2D eigenvalue weighted by Gasteiger charge is -2.18. The largest absolute Gasteiger partial charge is 0.495 e. The third-order valence-corrected chi connectivity index (χ3v) is 3.89. The van der Waals surface area contributed by atoms with E-state index in [2.05, 4.69) is 4.98 Å². The highest BCUT2D eigenvalue weighted by Crippen LogP contribution is 2.37. The van der Waals surface area contributed by atoms with Crippen molar-refractivity contribution in [3.8, 4) is 11.5 Å². The predicted octanol–water partition coefficient (Wildman–Crippen LogP) is 2.27. The standard InChI is InChI=1S/C14H14ClNO4/c1-18-9-5-10(19-2)13-11(12(9)15)14(17)7-6-20-4-3-8(7)16-13/h5H,3-4,6H2,1-2H3,(H,16,17). The molecule has 5 nitrogen and oxygen atoms in total. The van der Waals surface area contributed by atoms with Gasteiger partial charge >= 0.3 is 0 Å². The minimum atomic E-state index is -0.129. The van der Waals surface area contributed by atoms with E-state index < -0.39 is 0 Å². The van der Waals surface area contributed by atoms with E-state index in [1.807, 2.05) is 0 Å². The lowest BCUT2D eigenvalue weighted by atomic mass is 10.0. The van der Waals surface area contributed by atoms with Crippen LogP contribution in [0, 0.1) is 0 Å². The molecule has 0 saturated heterocycles. The average Bonchev–Trinajstić information content (AvgIpc) is 2.48. The molecule has 0 saturated carbocycles. The van der Waals surface area contributed by atoms with Crippen molar-refractivity contribution >= 4 is 22.5 Å². The van der Waals surface area contributed by atoms with Crippen LogP contribution >= 0.6 is 11.6 Å². The van der Waals surface area contributed by atoms with Gasteiger partial charge in [0, 0.05) is 23.7 Å². The van der Waals surface area contributed by atoms with Gasteiger partial charge in [-0.15, -0.1) is 0 Å². The number of ether oxygens (including phenoxy) is 3. The summed E-state index contributed by atoms with van der Waals surface area (Å²) < 4.78 is 15.9. The van der Waals surface area contributed by atoms with Crippen molar-refractivity contribution in [2.45, 2.75) is 13.0 Å². The highest BCUT2D eigenvalue weighted by atomic mass is 35.5. The molecule has 1 aromatic carbocycles. The lowest BCUT2D eigenvalue weighted by Crippen LogP contribution is -2.22. The molecular formula is C14H14ClNO4. The van der Waals surface area contributed by atoms with Gasteiger partial charge in [0.15, 0.2) is 5.43 Å². The maximum absolute atomic E-state index is 12.6. The number of rotatable bonds is 2. The number of halogens is 1. The topological polar surface area (TPSA) is 60.5 Å². The number of hydrogen-bond donors (Lipinski definition) is 1. The van der Waals surface area contributed by atoms with Crippen molar-refractivity contribution in [1.29, 1.82) is 0 Å². The molecule has 6 heteroatoms. The molecule has 0 fully saturated rings. The van der Waals surface area contributed by atoms with E-state index in [0.29, 0.717) is 47.6 Å². The number of pyridine rings is 1. The van der Waals surface area contributed by atoms with Crippen LogP contribution in [-0.4, -0.2) is 25.8 Å². The number of aromatic amines is 1. The maximum atomic E-state index is 12.6. The quantitative estimate of drug-likeness (QED) is 0.923. The monoisotopic (exact) mass is 295 g/mol. The maximum Gasteiger partial charge on any atom is 0.196 e. The Morgan fingerprint density at radius 1 is 1.30 bits per heavy atom. The van der Waals surface area contributed by atoms with Crippen molar-refractivity contribution in [1.82, 2.24) is 4.98 Å². The Labute approximate surface area is 120 Å².